The number of carbonyl (C=O) groups excluding carboxylic acids is 1. The van der Waals surface area contributed by atoms with Crippen molar-refractivity contribution in [1.29, 1.82) is 0 Å². The Hall–Kier alpha value is -3.12. The van der Waals surface area contributed by atoms with Crippen molar-refractivity contribution in [2.75, 3.05) is 39.3 Å². The van der Waals surface area contributed by atoms with Gasteiger partial charge in [0.15, 0.2) is 0 Å². The Morgan fingerprint density at radius 2 is 1.65 bits per heavy atom. The topological polar surface area (TPSA) is 131 Å². The number of nitrogens with one attached hydrogen (secondary N) is 1. The summed E-state index contributed by atoms with van der Waals surface area (Å²) in [5, 5.41) is 23.2. The molecule has 0 aliphatic carbocycles. The monoisotopic (exact) mass is 566 g/mol. The summed E-state index contributed by atoms with van der Waals surface area (Å²) in [5.41, 5.74) is 12.2. The second-order valence-electron chi connectivity index (χ2n) is 11.1. The first kappa shape index (κ1) is 29.9. The molecule has 1 unspecified atom stereocenters. The van der Waals surface area contributed by atoms with Gasteiger partial charge >= 0.3 is 12.2 Å². The molecule has 0 spiro atoms. The van der Waals surface area contributed by atoms with E-state index >= 15 is 0 Å². The molecule has 0 saturated carbocycles. The van der Waals surface area contributed by atoms with Crippen LogP contribution >= 0.6 is 0 Å². The van der Waals surface area contributed by atoms with Crippen molar-refractivity contribution in [3.05, 3.63) is 46.8 Å². The van der Waals surface area contributed by atoms with Gasteiger partial charge in [-0.15, -0.1) is 0 Å². The summed E-state index contributed by atoms with van der Waals surface area (Å²) in [6.45, 7) is 6.16. The predicted octanol–water partition coefficient (Wildman–Crippen LogP) is 3.00. The molecule has 7 N–H and O–H groups in total. The highest BCUT2D eigenvalue weighted by atomic mass is 19.4. The molecule has 40 heavy (non-hydrogen) atoms. The quantitative estimate of drug-likeness (QED) is 0.346. The first-order valence-corrected chi connectivity index (χ1v) is 14.0. The molecule has 3 heterocycles. The molecular weight excluding hydrogens is 525 g/mol. The molecule has 1 atom stereocenters. The number of aromatic hydroxyl groups is 1. The summed E-state index contributed by atoms with van der Waals surface area (Å²) in [6.07, 6.45) is 1.84. The number of alkyl halides is 3. The van der Waals surface area contributed by atoms with E-state index in [1.54, 1.807) is 13.0 Å². The second-order valence-corrected chi connectivity index (χ2v) is 11.1. The molecule has 3 saturated heterocycles. The third-order valence-electron chi connectivity index (χ3n) is 8.22. The maximum absolute atomic E-state index is 12.9. The number of hydrogen-bond acceptors (Lipinski definition) is 7. The molecule has 0 aromatic heterocycles. The van der Waals surface area contributed by atoms with Crippen molar-refractivity contribution in [2.24, 2.45) is 11.5 Å². The maximum Gasteiger partial charge on any atom is 0.416 e. The van der Waals surface area contributed by atoms with Crippen LogP contribution in [0.25, 0.3) is 5.70 Å². The van der Waals surface area contributed by atoms with Gasteiger partial charge in [0, 0.05) is 56.1 Å². The SMILES string of the molecule is CC(/C=C(\N)NC1CCCN(C2CCN(C(=O)N3CCC(O)CC3)CC2)C1)=C(/N)c1ccc(C(F)(F)F)cc1O. The van der Waals surface area contributed by atoms with Crippen molar-refractivity contribution in [2.45, 2.75) is 69.8 Å². The number of aliphatic hydroxyl groups is 1. The number of halogens is 3. The number of allylic oxidation sites excluding steroid dienone is 2. The highest BCUT2D eigenvalue weighted by Gasteiger charge is 2.33. The molecule has 4 rings (SSSR count). The Morgan fingerprint density at radius 3 is 2.25 bits per heavy atom. The van der Waals surface area contributed by atoms with Gasteiger partial charge in [-0.2, -0.15) is 13.2 Å². The van der Waals surface area contributed by atoms with Crippen LogP contribution in [0, 0.1) is 0 Å². The van der Waals surface area contributed by atoms with Gasteiger partial charge in [0.1, 0.15) is 5.75 Å². The molecular formula is C28H41F3N6O3. The third kappa shape index (κ3) is 7.34. The summed E-state index contributed by atoms with van der Waals surface area (Å²) in [4.78, 5) is 19.1. The number of amides is 2. The maximum atomic E-state index is 12.9. The van der Waals surface area contributed by atoms with Gasteiger partial charge in [0.25, 0.3) is 0 Å². The lowest BCUT2D eigenvalue weighted by Gasteiger charge is -2.43. The minimum atomic E-state index is -4.56. The zero-order chi connectivity index (χ0) is 29.0. The van der Waals surface area contributed by atoms with Gasteiger partial charge in [-0.3, -0.25) is 4.90 Å². The van der Waals surface area contributed by atoms with Crippen molar-refractivity contribution in [3.63, 3.8) is 0 Å². The minimum absolute atomic E-state index is 0.0776. The summed E-state index contributed by atoms with van der Waals surface area (Å²) < 4.78 is 38.7. The lowest BCUT2D eigenvalue weighted by atomic mass is 9.98. The molecule has 3 fully saturated rings. The number of phenolic OH excluding ortho intramolecular Hbond substituents is 1. The molecule has 12 heteroatoms. The Kier molecular flexibility index (Phi) is 9.40. The van der Waals surface area contributed by atoms with Crippen LogP contribution in [0.4, 0.5) is 18.0 Å². The molecule has 222 valence electrons. The summed E-state index contributed by atoms with van der Waals surface area (Å²) in [7, 11) is 0. The van der Waals surface area contributed by atoms with Crippen molar-refractivity contribution in [3.8, 4) is 5.75 Å². The number of nitrogens with zero attached hydrogens (tertiary/aromatic N) is 3. The molecule has 9 nitrogen and oxygen atoms in total. The fraction of sp³-hybridized carbons (Fsp3) is 0.607. The fourth-order valence-corrected chi connectivity index (χ4v) is 5.87. The third-order valence-corrected chi connectivity index (χ3v) is 8.22. The number of piperidine rings is 3. The number of rotatable bonds is 5. The largest absolute Gasteiger partial charge is 0.507 e. The first-order chi connectivity index (χ1) is 18.9. The average Bonchev–Trinajstić information content (AvgIpc) is 2.92. The van der Waals surface area contributed by atoms with Crippen LogP contribution in [-0.4, -0.2) is 88.4 Å². The van der Waals surface area contributed by atoms with Crippen LogP contribution in [0.3, 0.4) is 0 Å². The smallest absolute Gasteiger partial charge is 0.416 e. The molecule has 2 amide bonds. The zero-order valence-corrected chi connectivity index (χ0v) is 23.0. The van der Waals surface area contributed by atoms with E-state index in [0.29, 0.717) is 49.4 Å². The van der Waals surface area contributed by atoms with Crippen LogP contribution in [0.15, 0.2) is 35.7 Å². The van der Waals surface area contributed by atoms with E-state index in [-0.39, 0.29) is 29.4 Å². The van der Waals surface area contributed by atoms with E-state index in [1.165, 1.54) is 0 Å². The van der Waals surface area contributed by atoms with Crippen molar-refractivity contribution >= 4 is 11.7 Å². The van der Waals surface area contributed by atoms with E-state index in [0.717, 1.165) is 64.0 Å². The summed E-state index contributed by atoms with van der Waals surface area (Å²) in [6, 6.07) is 3.30. The lowest BCUT2D eigenvalue weighted by Crippen LogP contribution is -2.55. The molecule has 3 aliphatic rings. The fourth-order valence-electron chi connectivity index (χ4n) is 5.87. The van der Waals surface area contributed by atoms with Crippen molar-refractivity contribution < 1.29 is 28.2 Å². The van der Waals surface area contributed by atoms with Crippen LogP contribution in [-0.2, 0) is 6.18 Å². The molecule has 1 aromatic carbocycles. The summed E-state index contributed by atoms with van der Waals surface area (Å²) in [5.74, 6) is -0.150. The van der Waals surface area contributed by atoms with E-state index in [1.807, 2.05) is 9.80 Å². The second kappa shape index (κ2) is 12.6. The lowest BCUT2D eigenvalue weighted by molar-refractivity contribution is -0.137. The highest BCUT2D eigenvalue weighted by molar-refractivity contribution is 5.74. The Morgan fingerprint density at radius 1 is 1.02 bits per heavy atom. The van der Waals surface area contributed by atoms with Gasteiger partial charge in [-0.1, -0.05) is 0 Å². The van der Waals surface area contributed by atoms with E-state index < -0.39 is 17.5 Å². The number of benzene rings is 1. The highest BCUT2D eigenvalue weighted by Crippen LogP contribution is 2.34. The normalized spacial score (nSPS) is 23.2. The van der Waals surface area contributed by atoms with Gasteiger partial charge < -0.3 is 36.8 Å². The summed E-state index contributed by atoms with van der Waals surface area (Å²) >= 11 is 0. The van der Waals surface area contributed by atoms with Gasteiger partial charge in [0.2, 0.25) is 0 Å². The van der Waals surface area contributed by atoms with Crippen LogP contribution < -0.4 is 16.8 Å². The Labute approximate surface area is 233 Å². The number of hydrogen-bond donors (Lipinski definition) is 5. The molecule has 1 aromatic rings. The van der Waals surface area contributed by atoms with Gasteiger partial charge in [-0.05, 0) is 81.8 Å². The number of carbonyl (C=O) groups is 1. The van der Waals surface area contributed by atoms with Gasteiger partial charge in [-0.25, -0.2) is 4.79 Å². The average molecular weight is 567 g/mol. The molecule has 0 radical (unpaired) electrons. The zero-order valence-electron chi connectivity index (χ0n) is 23.0. The number of urea groups is 1. The first-order valence-electron chi connectivity index (χ1n) is 14.0. The number of phenols is 1. The Bertz CT molecular complexity index is 1110. The molecule has 3 aliphatic heterocycles. The predicted molar refractivity (Wildman–Crippen MR) is 147 cm³/mol. The van der Waals surface area contributed by atoms with Crippen LogP contribution in [0.5, 0.6) is 5.75 Å². The van der Waals surface area contributed by atoms with Gasteiger partial charge in [0.05, 0.1) is 17.5 Å². The van der Waals surface area contributed by atoms with Crippen molar-refractivity contribution in [1.82, 2.24) is 20.0 Å². The van der Waals surface area contributed by atoms with E-state index in [9.17, 15) is 28.2 Å². The minimum Gasteiger partial charge on any atom is -0.507 e. The Balaban J connectivity index is 1.30. The number of aliphatic hydroxyl groups excluding tert-OH is 1. The van der Waals surface area contributed by atoms with E-state index in [2.05, 4.69) is 10.2 Å². The van der Waals surface area contributed by atoms with Crippen LogP contribution in [0.1, 0.15) is 56.6 Å². The standard InChI is InChI=1S/C28H41F3N6O3/c1-18(26(33)23-5-4-19(16-24(23)39)28(29,30)31)15-25(32)34-20-3-2-10-37(17-20)21-6-11-35(12-7-21)27(40)36-13-8-22(38)9-14-36/h4-5,15-16,20-22,34,38-39H,2-3,6-14,17,32-33H2,1H3/b25-15+,26-18-. The van der Waals surface area contributed by atoms with Crippen LogP contribution in [0.2, 0.25) is 0 Å². The molecule has 0 bridgehead atoms. The number of likely N-dealkylation sites (tertiary alicyclic amines) is 3. The van der Waals surface area contributed by atoms with E-state index in [4.69, 9.17) is 11.5 Å². The number of nitrogens with two attached hydrogens (primary N) is 2.